The molecule has 2 aromatic carbocycles. The second-order valence-electron chi connectivity index (χ2n) is 5.47. The fourth-order valence-electron chi connectivity index (χ4n) is 2.82. The second-order valence-corrected chi connectivity index (χ2v) is 5.47. The number of hydrogen-bond donors (Lipinski definition) is 2. The minimum atomic E-state index is -0.00806. The number of pyridine rings is 1. The van der Waals surface area contributed by atoms with Gasteiger partial charge in [0.1, 0.15) is 6.07 Å². The molecule has 0 saturated heterocycles. The summed E-state index contributed by atoms with van der Waals surface area (Å²) in [7, 11) is 1.47. The number of nitrogens with one attached hydrogen (secondary N) is 1. The number of nitriles is 1. The third-order valence-corrected chi connectivity index (χ3v) is 4.03. The minimum absolute atomic E-state index is 0.00806. The highest BCUT2D eigenvalue weighted by Gasteiger charge is 2.14. The highest BCUT2D eigenvalue weighted by molar-refractivity contribution is 6.00. The zero-order valence-electron chi connectivity index (χ0n) is 13.3. The summed E-state index contributed by atoms with van der Waals surface area (Å²) in [6.45, 7) is 0. The predicted molar refractivity (Wildman–Crippen MR) is 94.2 cm³/mol. The number of aromatic hydroxyl groups is 1. The van der Waals surface area contributed by atoms with Gasteiger partial charge < -0.3 is 19.6 Å². The van der Waals surface area contributed by atoms with E-state index >= 15 is 0 Å². The smallest absolute Gasteiger partial charge is 0.161 e. The Kier molecular flexibility index (Phi) is 3.40. The summed E-state index contributed by atoms with van der Waals surface area (Å²) in [5.74, 6) is 0.301. The predicted octanol–water partition coefficient (Wildman–Crippen LogP) is 4.31. The number of anilines is 2. The monoisotopic (exact) mass is 331 g/mol. The van der Waals surface area contributed by atoms with Crippen LogP contribution in [0.1, 0.15) is 5.56 Å². The van der Waals surface area contributed by atoms with Crippen molar-refractivity contribution in [1.82, 2.24) is 4.98 Å². The van der Waals surface area contributed by atoms with E-state index in [0.717, 1.165) is 11.1 Å². The third kappa shape index (κ3) is 2.39. The summed E-state index contributed by atoms with van der Waals surface area (Å²) in [6, 6.07) is 12.9. The Morgan fingerprint density at radius 3 is 2.96 bits per heavy atom. The zero-order valence-corrected chi connectivity index (χ0v) is 13.3. The van der Waals surface area contributed by atoms with Crippen molar-refractivity contribution in [1.29, 1.82) is 5.26 Å². The Bertz CT molecular complexity index is 1140. The molecule has 4 rings (SSSR count). The fraction of sp³-hybridized carbons (Fsp3) is 0.0526. The van der Waals surface area contributed by atoms with Gasteiger partial charge in [-0.15, -0.1) is 0 Å². The average Bonchev–Trinajstić information content (AvgIpc) is 3.11. The van der Waals surface area contributed by atoms with Crippen molar-refractivity contribution < 1.29 is 14.3 Å². The topological polar surface area (TPSA) is 91.3 Å². The van der Waals surface area contributed by atoms with Gasteiger partial charge in [-0.25, -0.2) is 0 Å². The molecule has 0 amide bonds. The molecule has 0 aliphatic heterocycles. The largest absolute Gasteiger partial charge is 0.504 e. The van der Waals surface area contributed by atoms with Crippen LogP contribution in [0.15, 0.2) is 53.3 Å². The average molecular weight is 331 g/mol. The van der Waals surface area contributed by atoms with Crippen LogP contribution in [-0.2, 0) is 0 Å². The Morgan fingerprint density at radius 1 is 1.28 bits per heavy atom. The molecule has 2 heterocycles. The number of ether oxygens (including phenoxy) is 1. The molecule has 0 saturated carbocycles. The van der Waals surface area contributed by atoms with Crippen LogP contribution in [0.25, 0.3) is 21.9 Å². The third-order valence-electron chi connectivity index (χ3n) is 4.03. The molecule has 4 aromatic rings. The van der Waals surface area contributed by atoms with E-state index in [0.29, 0.717) is 33.5 Å². The molecule has 0 unspecified atom stereocenters. The quantitative estimate of drug-likeness (QED) is 0.581. The highest BCUT2D eigenvalue weighted by atomic mass is 16.5. The normalized spacial score (nSPS) is 10.7. The standard InChI is InChI=1S/C19H13N3O3/c1-24-17-7-13-15(8-16(17)23)21-10-12(9-20)18(13)22-14-4-2-3-11-5-6-25-19(11)14/h2-8,10,23H,1H3,(H,21,22). The van der Waals surface area contributed by atoms with E-state index in [1.807, 2.05) is 24.3 Å². The van der Waals surface area contributed by atoms with Crippen LogP contribution in [0, 0.1) is 11.3 Å². The molecular weight excluding hydrogens is 318 g/mol. The van der Waals surface area contributed by atoms with E-state index in [-0.39, 0.29) is 5.75 Å². The van der Waals surface area contributed by atoms with Gasteiger partial charge in [0.15, 0.2) is 17.1 Å². The number of fused-ring (bicyclic) bond motifs is 2. The minimum Gasteiger partial charge on any atom is -0.504 e. The zero-order chi connectivity index (χ0) is 17.4. The lowest BCUT2D eigenvalue weighted by atomic mass is 10.1. The van der Waals surface area contributed by atoms with Gasteiger partial charge in [-0.05, 0) is 18.2 Å². The van der Waals surface area contributed by atoms with E-state index in [2.05, 4.69) is 16.4 Å². The van der Waals surface area contributed by atoms with Crippen molar-refractivity contribution in [3.8, 4) is 17.6 Å². The van der Waals surface area contributed by atoms with Gasteiger partial charge in [-0.1, -0.05) is 12.1 Å². The summed E-state index contributed by atoms with van der Waals surface area (Å²) >= 11 is 0. The molecule has 0 spiro atoms. The molecule has 0 atom stereocenters. The van der Waals surface area contributed by atoms with Gasteiger partial charge in [-0.3, -0.25) is 4.98 Å². The van der Waals surface area contributed by atoms with Gasteiger partial charge in [-0.2, -0.15) is 5.26 Å². The molecule has 0 aliphatic rings. The number of benzene rings is 2. The lowest BCUT2D eigenvalue weighted by Crippen LogP contribution is -1.97. The molecule has 2 aromatic heterocycles. The van der Waals surface area contributed by atoms with Crippen LogP contribution in [0.2, 0.25) is 0 Å². The van der Waals surface area contributed by atoms with Crippen LogP contribution in [0.3, 0.4) is 0 Å². The first-order valence-corrected chi connectivity index (χ1v) is 7.54. The summed E-state index contributed by atoms with van der Waals surface area (Å²) in [6.07, 6.45) is 3.09. The first kappa shape index (κ1) is 14.8. The number of hydrogen-bond acceptors (Lipinski definition) is 6. The van der Waals surface area contributed by atoms with Crippen molar-refractivity contribution in [3.05, 3.63) is 54.4 Å². The Morgan fingerprint density at radius 2 is 2.16 bits per heavy atom. The molecule has 2 N–H and O–H groups in total. The molecule has 25 heavy (non-hydrogen) atoms. The van der Waals surface area contributed by atoms with Crippen LogP contribution >= 0.6 is 0 Å². The highest BCUT2D eigenvalue weighted by Crippen LogP contribution is 2.37. The maximum Gasteiger partial charge on any atom is 0.161 e. The van der Waals surface area contributed by atoms with Crippen LogP contribution < -0.4 is 10.1 Å². The number of aromatic nitrogens is 1. The summed E-state index contributed by atoms with van der Waals surface area (Å²) in [5.41, 5.74) is 2.94. The Hall–Kier alpha value is -3.72. The molecule has 6 nitrogen and oxygen atoms in total. The van der Waals surface area contributed by atoms with Crippen molar-refractivity contribution >= 4 is 33.2 Å². The van der Waals surface area contributed by atoms with E-state index < -0.39 is 0 Å². The molecule has 0 bridgehead atoms. The maximum absolute atomic E-state index is 9.96. The van der Waals surface area contributed by atoms with Gasteiger partial charge in [0.25, 0.3) is 0 Å². The molecule has 0 aliphatic carbocycles. The number of furan rings is 1. The van der Waals surface area contributed by atoms with Gasteiger partial charge in [0.05, 0.1) is 35.8 Å². The fourth-order valence-corrected chi connectivity index (χ4v) is 2.82. The van der Waals surface area contributed by atoms with Crippen molar-refractivity contribution in [2.75, 3.05) is 12.4 Å². The van der Waals surface area contributed by atoms with Crippen molar-refractivity contribution in [2.45, 2.75) is 0 Å². The Labute approximate surface area is 142 Å². The summed E-state index contributed by atoms with van der Waals surface area (Å²) in [5, 5.41) is 24.3. The van der Waals surface area contributed by atoms with Crippen LogP contribution in [0.5, 0.6) is 11.5 Å². The summed E-state index contributed by atoms with van der Waals surface area (Å²) in [4.78, 5) is 4.24. The Balaban J connectivity index is 1.96. The number of para-hydroxylation sites is 1. The van der Waals surface area contributed by atoms with Gasteiger partial charge in [0.2, 0.25) is 0 Å². The summed E-state index contributed by atoms with van der Waals surface area (Å²) < 4.78 is 10.7. The van der Waals surface area contributed by atoms with E-state index in [9.17, 15) is 10.4 Å². The van der Waals surface area contributed by atoms with Crippen LogP contribution in [0.4, 0.5) is 11.4 Å². The van der Waals surface area contributed by atoms with Crippen molar-refractivity contribution in [2.24, 2.45) is 0 Å². The molecule has 0 fully saturated rings. The molecule has 6 heteroatoms. The number of nitrogens with zero attached hydrogens (tertiary/aromatic N) is 2. The second kappa shape index (κ2) is 5.73. The number of methoxy groups -OCH3 is 1. The van der Waals surface area contributed by atoms with Crippen LogP contribution in [-0.4, -0.2) is 17.2 Å². The maximum atomic E-state index is 9.96. The van der Waals surface area contributed by atoms with E-state index in [1.165, 1.54) is 19.4 Å². The SMILES string of the molecule is COc1cc2c(Nc3cccc4ccoc34)c(C#N)cnc2cc1O. The number of phenols is 1. The van der Waals surface area contributed by atoms with E-state index in [4.69, 9.17) is 9.15 Å². The molecule has 0 radical (unpaired) electrons. The lowest BCUT2D eigenvalue weighted by Gasteiger charge is -2.13. The first-order chi connectivity index (χ1) is 12.2. The lowest BCUT2D eigenvalue weighted by molar-refractivity contribution is 0.374. The number of rotatable bonds is 3. The van der Waals surface area contributed by atoms with E-state index in [1.54, 1.807) is 12.3 Å². The van der Waals surface area contributed by atoms with Gasteiger partial charge in [0, 0.05) is 23.0 Å². The first-order valence-electron chi connectivity index (χ1n) is 7.54. The molecule has 122 valence electrons. The number of phenolic OH excluding ortho intramolecular Hbond substituents is 1. The van der Waals surface area contributed by atoms with Crippen molar-refractivity contribution in [3.63, 3.8) is 0 Å². The molecular formula is C19H13N3O3. The van der Waals surface area contributed by atoms with Gasteiger partial charge >= 0.3 is 0 Å².